The van der Waals surface area contributed by atoms with Crippen LogP contribution in [0.5, 0.6) is 0 Å². The number of rotatable bonds is 4. The minimum absolute atomic E-state index is 0.0725. The number of allylic oxidation sites excluding steroid dienone is 3. The third kappa shape index (κ3) is 2.81. The highest BCUT2D eigenvalue weighted by Crippen LogP contribution is 2.39. The number of hydrogen-bond donors (Lipinski definition) is 0. The fourth-order valence-corrected chi connectivity index (χ4v) is 2.85. The van der Waals surface area contributed by atoms with Gasteiger partial charge in [0.1, 0.15) is 0 Å². The van der Waals surface area contributed by atoms with Gasteiger partial charge in [0.15, 0.2) is 0 Å². The van der Waals surface area contributed by atoms with E-state index in [0.29, 0.717) is 11.5 Å². The highest BCUT2D eigenvalue weighted by molar-refractivity contribution is 6.01. The number of hydroxylamine groups is 2. The number of carbonyl (C=O) groups is 3. The maximum atomic E-state index is 12.2. The van der Waals surface area contributed by atoms with E-state index >= 15 is 0 Å². The summed E-state index contributed by atoms with van der Waals surface area (Å²) in [5.74, 6) is -1.37. The lowest BCUT2D eigenvalue weighted by Gasteiger charge is -2.18. The van der Waals surface area contributed by atoms with Crippen LogP contribution in [0.4, 0.5) is 0 Å². The van der Waals surface area contributed by atoms with Crippen molar-refractivity contribution in [1.82, 2.24) is 5.06 Å². The van der Waals surface area contributed by atoms with E-state index in [0.717, 1.165) is 6.42 Å². The zero-order valence-electron chi connectivity index (χ0n) is 11.6. The lowest BCUT2D eigenvalue weighted by molar-refractivity contribution is -0.201. The Kier molecular flexibility index (Phi) is 4.37. The topological polar surface area (TPSA) is 63.7 Å². The number of carbonyl (C=O) groups excluding carboxylic acids is 3. The van der Waals surface area contributed by atoms with Gasteiger partial charge >= 0.3 is 5.97 Å². The SMILES string of the molecule is C=CC1CC(/C=C\C)C(C(=O)ON2C(=O)CCC2=O)C1. The van der Waals surface area contributed by atoms with E-state index < -0.39 is 17.8 Å². The van der Waals surface area contributed by atoms with E-state index in [2.05, 4.69) is 6.58 Å². The summed E-state index contributed by atoms with van der Waals surface area (Å²) >= 11 is 0. The molecule has 0 aromatic heterocycles. The summed E-state index contributed by atoms with van der Waals surface area (Å²) in [7, 11) is 0. The average Bonchev–Trinajstić information content (AvgIpc) is 2.97. The molecule has 0 aromatic rings. The molecule has 5 heteroatoms. The lowest BCUT2D eigenvalue weighted by Crippen LogP contribution is -2.35. The molecule has 0 radical (unpaired) electrons. The van der Waals surface area contributed by atoms with Crippen LogP contribution in [0, 0.1) is 17.8 Å². The molecule has 2 aliphatic rings. The molecule has 108 valence electrons. The van der Waals surface area contributed by atoms with Gasteiger partial charge in [0.05, 0.1) is 5.92 Å². The second kappa shape index (κ2) is 6.03. The van der Waals surface area contributed by atoms with Crippen molar-refractivity contribution < 1.29 is 19.2 Å². The molecule has 3 unspecified atom stereocenters. The standard InChI is InChI=1S/C15H19NO4/c1-3-5-11-8-10(4-2)9-12(11)15(19)20-16-13(17)6-7-14(16)18/h3-5,10-12H,2,6-9H2,1H3/b5-3-. The molecular weight excluding hydrogens is 258 g/mol. The molecule has 1 heterocycles. The summed E-state index contributed by atoms with van der Waals surface area (Å²) in [5, 5.41) is 0.621. The van der Waals surface area contributed by atoms with E-state index in [-0.39, 0.29) is 30.6 Å². The zero-order chi connectivity index (χ0) is 14.7. The summed E-state index contributed by atoms with van der Waals surface area (Å²) < 4.78 is 0. The molecule has 5 nitrogen and oxygen atoms in total. The van der Waals surface area contributed by atoms with Gasteiger partial charge in [-0.2, -0.15) is 0 Å². The van der Waals surface area contributed by atoms with Crippen LogP contribution in [0.25, 0.3) is 0 Å². The monoisotopic (exact) mass is 277 g/mol. The Morgan fingerprint density at radius 1 is 1.30 bits per heavy atom. The Hall–Kier alpha value is -1.91. The third-order valence-corrected chi connectivity index (χ3v) is 3.91. The highest BCUT2D eigenvalue weighted by atomic mass is 16.7. The average molecular weight is 277 g/mol. The summed E-state index contributed by atoms with van der Waals surface area (Å²) in [4.78, 5) is 40.1. The molecule has 1 saturated heterocycles. The lowest BCUT2D eigenvalue weighted by atomic mass is 9.96. The molecule has 1 aliphatic heterocycles. The van der Waals surface area contributed by atoms with Crippen molar-refractivity contribution in [2.75, 3.05) is 0 Å². The first-order chi connectivity index (χ1) is 9.56. The van der Waals surface area contributed by atoms with Gasteiger partial charge in [-0.1, -0.05) is 18.2 Å². The van der Waals surface area contributed by atoms with Crippen LogP contribution >= 0.6 is 0 Å². The Morgan fingerprint density at radius 3 is 2.50 bits per heavy atom. The Morgan fingerprint density at radius 2 is 1.95 bits per heavy atom. The van der Waals surface area contributed by atoms with Crippen molar-refractivity contribution in [3.8, 4) is 0 Å². The van der Waals surface area contributed by atoms with Gasteiger partial charge in [0.2, 0.25) is 0 Å². The van der Waals surface area contributed by atoms with Crippen LogP contribution < -0.4 is 0 Å². The molecule has 2 amide bonds. The molecule has 0 spiro atoms. The van der Waals surface area contributed by atoms with Gasteiger partial charge in [0, 0.05) is 12.8 Å². The first kappa shape index (κ1) is 14.5. The van der Waals surface area contributed by atoms with E-state index in [1.54, 1.807) is 0 Å². The summed E-state index contributed by atoms with van der Waals surface area (Å²) in [6.45, 7) is 5.66. The highest BCUT2D eigenvalue weighted by Gasteiger charge is 2.40. The fourth-order valence-electron chi connectivity index (χ4n) is 2.85. The number of amides is 2. The van der Waals surface area contributed by atoms with Gasteiger partial charge < -0.3 is 4.84 Å². The minimum atomic E-state index is -0.499. The molecule has 1 saturated carbocycles. The van der Waals surface area contributed by atoms with Crippen LogP contribution in [0.2, 0.25) is 0 Å². The van der Waals surface area contributed by atoms with Gasteiger partial charge in [-0.25, -0.2) is 4.79 Å². The van der Waals surface area contributed by atoms with Crippen LogP contribution in [-0.4, -0.2) is 22.8 Å². The summed E-state index contributed by atoms with van der Waals surface area (Å²) in [6, 6.07) is 0. The normalized spacial score (nSPS) is 30.2. The summed E-state index contributed by atoms with van der Waals surface area (Å²) in [6.07, 6.45) is 7.44. The van der Waals surface area contributed by atoms with Crippen molar-refractivity contribution in [1.29, 1.82) is 0 Å². The molecule has 2 fully saturated rings. The zero-order valence-corrected chi connectivity index (χ0v) is 11.6. The Bertz CT molecular complexity index is 452. The smallest absolute Gasteiger partial charge is 0.330 e. The van der Waals surface area contributed by atoms with Gasteiger partial charge in [-0.15, -0.1) is 11.6 Å². The van der Waals surface area contributed by atoms with E-state index in [1.165, 1.54) is 0 Å². The van der Waals surface area contributed by atoms with Gasteiger partial charge in [0.25, 0.3) is 11.8 Å². The fraction of sp³-hybridized carbons (Fsp3) is 0.533. The maximum absolute atomic E-state index is 12.2. The van der Waals surface area contributed by atoms with Crippen molar-refractivity contribution in [3.05, 3.63) is 24.8 Å². The molecule has 20 heavy (non-hydrogen) atoms. The van der Waals surface area contributed by atoms with Gasteiger partial charge in [-0.05, 0) is 31.6 Å². The molecule has 3 atom stereocenters. The largest absolute Gasteiger partial charge is 0.336 e. The molecule has 0 bridgehead atoms. The Labute approximate surface area is 118 Å². The van der Waals surface area contributed by atoms with Crippen LogP contribution in [-0.2, 0) is 19.2 Å². The molecule has 2 rings (SSSR count). The number of imide groups is 1. The van der Waals surface area contributed by atoms with E-state index in [9.17, 15) is 14.4 Å². The van der Waals surface area contributed by atoms with Crippen LogP contribution in [0.3, 0.4) is 0 Å². The molecule has 1 aliphatic carbocycles. The Balaban J connectivity index is 2.05. The van der Waals surface area contributed by atoms with E-state index in [1.807, 2.05) is 25.2 Å². The van der Waals surface area contributed by atoms with Gasteiger partial charge in [-0.3, -0.25) is 9.59 Å². The van der Waals surface area contributed by atoms with Crippen LogP contribution in [0.15, 0.2) is 24.8 Å². The number of hydrogen-bond acceptors (Lipinski definition) is 4. The first-order valence-corrected chi connectivity index (χ1v) is 6.89. The van der Waals surface area contributed by atoms with Crippen molar-refractivity contribution in [3.63, 3.8) is 0 Å². The quantitative estimate of drug-likeness (QED) is 0.582. The molecule has 0 N–H and O–H groups in total. The van der Waals surface area contributed by atoms with Crippen molar-refractivity contribution >= 4 is 17.8 Å². The maximum Gasteiger partial charge on any atom is 0.336 e. The second-order valence-corrected chi connectivity index (χ2v) is 5.26. The predicted octanol–water partition coefficient (Wildman–Crippen LogP) is 2.00. The predicted molar refractivity (Wildman–Crippen MR) is 71.9 cm³/mol. The first-order valence-electron chi connectivity index (χ1n) is 6.89. The second-order valence-electron chi connectivity index (χ2n) is 5.26. The van der Waals surface area contributed by atoms with Crippen molar-refractivity contribution in [2.24, 2.45) is 17.8 Å². The molecular formula is C15H19NO4. The van der Waals surface area contributed by atoms with Crippen LogP contribution in [0.1, 0.15) is 32.6 Å². The number of nitrogens with zero attached hydrogens (tertiary/aromatic N) is 1. The minimum Gasteiger partial charge on any atom is -0.330 e. The van der Waals surface area contributed by atoms with E-state index in [4.69, 9.17) is 4.84 Å². The molecule has 0 aromatic carbocycles. The van der Waals surface area contributed by atoms with Crippen molar-refractivity contribution in [2.45, 2.75) is 32.6 Å². The third-order valence-electron chi connectivity index (χ3n) is 3.91. The summed E-state index contributed by atoms with van der Waals surface area (Å²) in [5.41, 5.74) is 0.